The van der Waals surface area contributed by atoms with E-state index in [-0.39, 0.29) is 38.2 Å². The molecule has 0 bridgehead atoms. The first-order valence-electron chi connectivity index (χ1n) is 6.70. The van der Waals surface area contributed by atoms with Crippen LogP contribution in [0.5, 0.6) is 0 Å². The zero-order chi connectivity index (χ0) is 16.7. The normalized spacial score (nSPS) is 10.9. The van der Waals surface area contributed by atoms with Gasteiger partial charge in [-0.15, -0.1) is 0 Å². The van der Waals surface area contributed by atoms with Crippen molar-refractivity contribution < 1.29 is 14.3 Å². The number of aromatic carboxylic acids is 1. The van der Waals surface area contributed by atoms with Crippen LogP contribution in [0.4, 0.5) is 4.39 Å². The fraction of sp³-hybridized carbons (Fsp3) is 0.0588. The Morgan fingerprint density at radius 2 is 1.83 bits per heavy atom. The predicted molar refractivity (Wildman–Crippen MR) is 83.9 cm³/mol. The van der Waals surface area contributed by atoms with E-state index in [4.69, 9.17) is 11.6 Å². The molecule has 3 aromatic rings. The number of carboxylic acid groups (broad SMARTS) is 1. The first kappa shape index (κ1) is 15.2. The minimum Gasteiger partial charge on any atom is -0.545 e. The number of fused-ring (bicyclic) bond motifs is 1. The van der Waals surface area contributed by atoms with E-state index >= 15 is 0 Å². The molecule has 0 amide bonds. The minimum absolute atomic E-state index is 0.0118. The lowest BCUT2D eigenvalue weighted by Crippen LogP contribution is -2.29. The monoisotopic (exact) mass is 330 g/mol. The molecule has 0 saturated heterocycles. The van der Waals surface area contributed by atoms with Crippen LogP contribution in [-0.4, -0.2) is 10.5 Å². The van der Waals surface area contributed by atoms with Gasteiger partial charge in [0, 0.05) is 23.6 Å². The maximum Gasteiger partial charge on any atom is 0.258 e. The molecule has 2 aromatic carbocycles. The van der Waals surface area contributed by atoms with Crippen molar-refractivity contribution in [1.82, 2.24) is 4.57 Å². The van der Waals surface area contributed by atoms with Crippen molar-refractivity contribution >= 4 is 28.3 Å². The number of halogens is 2. The Balaban J connectivity index is 2.54. The maximum absolute atomic E-state index is 13.3. The Labute approximate surface area is 135 Å². The summed E-state index contributed by atoms with van der Waals surface area (Å²) in [7, 11) is 1.44. The van der Waals surface area contributed by atoms with Crippen molar-refractivity contribution in [2.75, 3.05) is 0 Å². The summed E-state index contributed by atoms with van der Waals surface area (Å²) in [6, 6.07) is 9.91. The molecule has 0 aliphatic rings. The van der Waals surface area contributed by atoms with Crippen LogP contribution in [0.2, 0.25) is 5.02 Å². The zero-order valence-electron chi connectivity index (χ0n) is 12.0. The van der Waals surface area contributed by atoms with E-state index in [0.717, 1.165) is 12.1 Å². The lowest BCUT2D eigenvalue weighted by molar-refractivity contribution is -0.254. The fourth-order valence-corrected chi connectivity index (χ4v) is 2.93. The number of carbonyl (C=O) groups excluding carboxylic acids is 1. The largest absolute Gasteiger partial charge is 0.545 e. The molecule has 0 unspecified atom stereocenters. The second kappa shape index (κ2) is 5.52. The Hall–Kier alpha value is -2.66. The summed E-state index contributed by atoms with van der Waals surface area (Å²) < 4.78 is 14.5. The molecule has 0 fully saturated rings. The Morgan fingerprint density at radius 3 is 2.43 bits per heavy atom. The quantitative estimate of drug-likeness (QED) is 0.724. The second-order valence-corrected chi connectivity index (χ2v) is 5.45. The topological polar surface area (TPSA) is 62.1 Å². The van der Waals surface area contributed by atoms with Gasteiger partial charge in [-0.25, -0.2) is 4.39 Å². The second-order valence-electron chi connectivity index (χ2n) is 5.04. The fourth-order valence-electron chi connectivity index (χ4n) is 2.67. The van der Waals surface area contributed by atoms with E-state index in [1.807, 2.05) is 0 Å². The number of carbonyl (C=O) groups is 1. The van der Waals surface area contributed by atoms with Crippen LogP contribution in [0.1, 0.15) is 10.4 Å². The van der Waals surface area contributed by atoms with Crippen LogP contribution < -0.4 is 10.7 Å². The van der Waals surface area contributed by atoms with E-state index in [2.05, 4.69) is 0 Å². The molecule has 0 atom stereocenters. The summed E-state index contributed by atoms with van der Waals surface area (Å²) in [6.07, 6.45) is 0. The van der Waals surface area contributed by atoms with Crippen LogP contribution >= 0.6 is 11.6 Å². The van der Waals surface area contributed by atoms with Crippen LogP contribution in [0.25, 0.3) is 22.0 Å². The van der Waals surface area contributed by atoms with Gasteiger partial charge in [0.15, 0.2) is 0 Å². The molecule has 0 aliphatic carbocycles. The van der Waals surface area contributed by atoms with Gasteiger partial charge in [-0.05, 0) is 29.7 Å². The molecule has 0 aliphatic heterocycles. The van der Waals surface area contributed by atoms with Gasteiger partial charge in [0.1, 0.15) is 5.82 Å². The predicted octanol–water partition coefficient (Wildman–Crippen LogP) is 2.36. The standard InChI is InChI=1S/C17H11ClFNO3/c1-20-15(12-7-6-9(19)8-13(12)18)14(17(22)23)10-4-2-3-5-11(10)16(20)21/h2-8H,1H3,(H,22,23)/p-1. The van der Waals surface area contributed by atoms with Gasteiger partial charge in [0.2, 0.25) is 0 Å². The molecule has 4 nitrogen and oxygen atoms in total. The van der Waals surface area contributed by atoms with E-state index in [9.17, 15) is 19.1 Å². The molecule has 3 rings (SSSR count). The smallest absolute Gasteiger partial charge is 0.258 e. The number of hydrogen-bond donors (Lipinski definition) is 0. The minimum atomic E-state index is -1.44. The Morgan fingerprint density at radius 1 is 1.17 bits per heavy atom. The van der Waals surface area contributed by atoms with Crippen LogP contribution in [0, 0.1) is 5.82 Å². The molecule has 0 spiro atoms. The van der Waals surface area contributed by atoms with Crippen molar-refractivity contribution in [2.45, 2.75) is 0 Å². The van der Waals surface area contributed by atoms with Crippen molar-refractivity contribution in [2.24, 2.45) is 7.05 Å². The SMILES string of the molecule is Cn1c(-c2ccc(F)cc2Cl)c(C(=O)[O-])c2ccccc2c1=O. The van der Waals surface area contributed by atoms with E-state index < -0.39 is 11.8 Å². The van der Waals surface area contributed by atoms with E-state index in [1.165, 1.54) is 23.7 Å². The number of carboxylic acids is 1. The van der Waals surface area contributed by atoms with E-state index in [1.54, 1.807) is 18.2 Å². The summed E-state index contributed by atoms with van der Waals surface area (Å²) in [5.41, 5.74) is -0.200. The van der Waals surface area contributed by atoms with E-state index in [0.29, 0.717) is 0 Å². The number of pyridine rings is 1. The number of benzene rings is 2. The lowest BCUT2D eigenvalue weighted by atomic mass is 9.99. The molecule has 116 valence electrons. The van der Waals surface area contributed by atoms with Gasteiger partial charge in [-0.2, -0.15) is 0 Å². The van der Waals surface area contributed by atoms with Gasteiger partial charge in [0.25, 0.3) is 5.56 Å². The number of rotatable bonds is 2. The maximum atomic E-state index is 13.3. The molecule has 0 radical (unpaired) electrons. The first-order chi connectivity index (χ1) is 10.9. The zero-order valence-corrected chi connectivity index (χ0v) is 12.7. The molecule has 0 N–H and O–H groups in total. The van der Waals surface area contributed by atoms with Gasteiger partial charge in [-0.3, -0.25) is 4.79 Å². The molecule has 1 aromatic heterocycles. The van der Waals surface area contributed by atoms with Crippen LogP contribution in [0.3, 0.4) is 0 Å². The van der Waals surface area contributed by atoms with Crippen molar-refractivity contribution in [1.29, 1.82) is 0 Å². The van der Waals surface area contributed by atoms with Crippen molar-refractivity contribution in [3.8, 4) is 11.3 Å². The highest BCUT2D eigenvalue weighted by Crippen LogP contribution is 2.32. The van der Waals surface area contributed by atoms with Crippen molar-refractivity contribution in [3.63, 3.8) is 0 Å². The molecule has 23 heavy (non-hydrogen) atoms. The number of nitrogens with zero attached hydrogens (tertiary/aromatic N) is 1. The van der Waals surface area contributed by atoms with Gasteiger partial charge < -0.3 is 14.5 Å². The van der Waals surface area contributed by atoms with Crippen LogP contribution in [0.15, 0.2) is 47.3 Å². The summed E-state index contributed by atoms with van der Waals surface area (Å²) >= 11 is 6.05. The molecule has 0 saturated carbocycles. The van der Waals surface area contributed by atoms with Gasteiger partial charge >= 0.3 is 0 Å². The summed E-state index contributed by atoms with van der Waals surface area (Å²) in [4.78, 5) is 24.2. The molecular weight excluding hydrogens is 321 g/mol. The first-order valence-corrected chi connectivity index (χ1v) is 7.08. The third-order valence-electron chi connectivity index (χ3n) is 3.69. The average Bonchev–Trinajstić information content (AvgIpc) is 2.51. The van der Waals surface area contributed by atoms with Crippen LogP contribution in [-0.2, 0) is 7.05 Å². The van der Waals surface area contributed by atoms with Gasteiger partial charge in [-0.1, -0.05) is 29.8 Å². The summed E-state index contributed by atoms with van der Waals surface area (Å²) in [5.74, 6) is -1.99. The highest BCUT2D eigenvalue weighted by molar-refractivity contribution is 6.33. The lowest BCUT2D eigenvalue weighted by Gasteiger charge is -2.18. The molecular formula is C17H10ClFNO3-. The average molecular weight is 331 g/mol. The van der Waals surface area contributed by atoms with Gasteiger partial charge in [0.05, 0.1) is 16.7 Å². The molecule has 6 heteroatoms. The highest BCUT2D eigenvalue weighted by Gasteiger charge is 2.19. The summed E-state index contributed by atoms with van der Waals surface area (Å²) in [6.45, 7) is 0. The number of aromatic nitrogens is 1. The third kappa shape index (κ3) is 2.39. The third-order valence-corrected chi connectivity index (χ3v) is 4.01. The number of hydrogen-bond acceptors (Lipinski definition) is 3. The Kier molecular flexibility index (Phi) is 3.66. The molecule has 1 heterocycles. The van der Waals surface area contributed by atoms with Crippen molar-refractivity contribution in [3.05, 3.63) is 69.2 Å². The highest BCUT2D eigenvalue weighted by atomic mass is 35.5. The Bertz CT molecular complexity index is 1010. The summed E-state index contributed by atoms with van der Waals surface area (Å²) in [5, 5.41) is 12.2.